The Labute approximate surface area is 131 Å². The van der Waals surface area contributed by atoms with Crippen LogP contribution in [0.3, 0.4) is 0 Å². The predicted octanol–water partition coefficient (Wildman–Crippen LogP) is 2.91. The van der Waals surface area contributed by atoms with Gasteiger partial charge in [0.2, 0.25) is 0 Å². The van der Waals surface area contributed by atoms with Crippen molar-refractivity contribution in [2.45, 2.75) is 6.43 Å². The monoisotopic (exact) mass is 339 g/mol. The standard InChI is InChI=1S/C15H9F4N3O2/c16-10-2-9-12(3-11(10)17)21-14(22-15(9)23)7-1-8(5-20-4-7)24-6-13(18)19/h1-5,13H,6H2,(H,21,22,23). The average molecular weight is 339 g/mol. The minimum atomic E-state index is -2.65. The van der Waals surface area contributed by atoms with Gasteiger partial charge in [0.25, 0.3) is 12.0 Å². The quantitative estimate of drug-likeness (QED) is 0.742. The molecule has 2 heterocycles. The Kier molecular flexibility index (Phi) is 4.15. The second kappa shape index (κ2) is 6.26. The summed E-state index contributed by atoms with van der Waals surface area (Å²) in [4.78, 5) is 22.3. The SMILES string of the molecule is O=c1[nH]c(-c2cncc(OCC(F)F)c2)nc2cc(F)c(F)cc12. The lowest BCUT2D eigenvalue weighted by atomic mass is 10.2. The van der Waals surface area contributed by atoms with Crippen molar-refractivity contribution in [2.24, 2.45) is 0 Å². The van der Waals surface area contributed by atoms with Gasteiger partial charge < -0.3 is 9.72 Å². The van der Waals surface area contributed by atoms with E-state index >= 15 is 0 Å². The van der Waals surface area contributed by atoms with Gasteiger partial charge >= 0.3 is 0 Å². The zero-order valence-corrected chi connectivity index (χ0v) is 11.9. The lowest BCUT2D eigenvalue weighted by Crippen LogP contribution is -2.11. The molecule has 0 radical (unpaired) electrons. The van der Waals surface area contributed by atoms with E-state index in [2.05, 4.69) is 15.0 Å². The van der Waals surface area contributed by atoms with E-state index in [1.165, 1.54) is 18.5 Å². The van der Waals surface area contributed by atoms with Crippen molar-refractivity contribution in [1.29, 1.82) is 0 Å². The summed E-state index contributed by atoms with van der Waals surface area (Å²) in [5, 5.41) is -0.115. The molecule has 3 rings (SSSR count). The average Bonchev–Trinajstić information content (AvgIpc) is 2.55. The summed E-state index contributed by atoms with van der Waals surface area (Å²) < 4.78 is 55.7. The van der Waals surface area contributed by atoms with Gasteiger partial charge in [-0.3, -0.25) is 9.78 Å². The molecule has 0 aliphatic heterocycles. The van der Waals surface area contributed by atoms with E-state index in [-0.39, 0.29) is 28.0 Å². The van der Waals surface area contributed by atoms with E-state index in [4.69, 9.17) is 4.74 Å². The lowest BCUT2D eigenvalue weighted by Gasteiger charge is -2.07. The normalized spacial score (nSPS) is 11.2. The molecule has 0 spiro atoms. The van der Waals surface area contributed by atoms with Crippen LogP contribution in [0.25, 0.3) is 22.3 Å². The van der Waals surface area contributed by atoms with Crippen LogP contribution in [0.5, 0.6) is 5.75 Å². The maximum atomic E-state index is 13.3. The fraction of sp³-hybridized carbons (Fsp3) is 0.133. The largest absolute Gasteiger partial charge is 0.486 e. The number of fused-ring (bicyclic) bond motifs is 1. The zero-order chi connectivity index (χ0) is 17.3. The van der Waals surface area contributed by atoms with Gasteiger partial charge in [-0.2, -0.15) is 0 Å². The summed E-state index contributed by atoms with van der Waals surface area (Å²) in [6, 6.07) is 2.90. The third-order valence-electron chi connectivity index (χ3n) is 3.11. The van der Waals surface area contributed by atoms with Crippen molar-refractivity contribution >= 4 is 10.9 Å². The molecule has 0 bridgehead atoms. The summed E-state index contributed by atoms with van der Waals surface area (Å²) in [6.07, 6.45) is -0.107. The number of hydrogen-bond donors (Lipinski definition) is 1. The first-order chi connectivity index (χ1) is 11.4. The van der Waals surface area contributed by atoms with Crippen LogP contribution in [-0.2, 0) is 0 Å². The molecule has 1 N–H and O–H groups in total. The summed E-state index contributed by atoms with van der Waals surface area (Å²) in [5.41, 5.74) is -0.454. The fourth-order valence-electron chi connectivity index (χ4n) is 2.06. The number of alkyl halides is 2. The number of benzene rings is 1. The van der Waals surface area contributed by atoms with Gasteiger partial charge in [0.15, 0.2) is 11.6 Å². The maximum absolute atomic E-state index is 13.3. The van der Waals surface area contributed by atoms with Crippen LogP contribution in [-0.4, -0.2) is 28.0 Å². The Morgan fingerprint density at radius 2 is 1.88 bits per heavy atom. The molecule has 5 nitrogen and oxygen atoms in total. The summed E-state index contributed by atoms with van der Waals surface area (Å²) in [5.74, 6) is -2.22. The number of nitrogens with zero attached hydrogens (tertiary/aromatic N) is 2. The Hall–Kier alpha value is -2.97. The highest BCUT2D eigenvalue weighted by molar-refractivity contribution is 5.79. The number of hydrogen-bond acceptors (Lipinski definition) is 4. The summed E-state index contributed by atoms with van der Waals surface area (Å²) in [7, 11) is 0. The number of rotatable bonds is 4. The molecule has 0 aliphatic rings. The minimum absolute atomic E-state index is 0.0218. The van der Waals surface area contributed by atoms with Crippen LogP contribution >= 0.6 is 0 Å². The Balaban J connectivity index is 2.05. The predicted molar refractivity (Wildman–Crippen MR) is 77.0 cm³/mol. The highest BCUT2D eigenvalue weighted by Crippen LogP contribution is 2.21. The highest BCUT2D eigenvalue weighted by atomic mass is 19.3. The van der Waals surface area contributed by atoms with Crippen molar-refractivity contribution in [3.05, 3.63) is 52.6 Å². The van der Waals surface area contributed by atoms with E-state index < -0.39 is 30.2 Å². The molecule has 0 saturated carbocycles. The third kappa shape index (κ3) is 3.19. The van der Waals surface area contributed by atoms with Crippen molar-refractivity contribution in [2.75, 3.05) is 6.61 Å². The molecular weight excluding hydrogens is 330 g/mol. The number of H-pyrrole nitrogens is 1. The van der Waals surface area contributed by atoms with E-state index in [0.717, 1.165) is 12.1 Å². The molecule has 0 aliphatic carbocycles. The topological polar surface area (TPSA) is 67.9 Å². The van der Waals surface area contributed by atoms with E-state index in [1.807, 2.05) is 0 Å². The second-order valence-corrected chi connectivity index (χ2v) is 4.81. The summed E-state index contributed by atoms with van der Waals surface area (Å²) >= 11 is 0. The molecular formula is C15H9F4N3O2. The number of nitrogens with one attached hydrogen (secondary N) is 1. The van der Waals surface area contributed by atoms with Crippen molar-refractivity contribution in [3.63, 3.8) is 0 Å². The van der Waals surface area contributed by atoms with Crippen molar-refractivity contribution in [3.8, 4) is 17.1 Å². The maximum Gasteiger partial charge on any atom is 0.272 e. The van der Waals surface area contributed by atoms with Gasteiger partial charge in [-0.05, 0) is 12.1 Å². The Morgan fingerprint density at radius 1 is 1.12 bits per heavy atom. The van der Waals surface area contributed by atoms with Crippen LogP contribution in [0, 0.1) is 11.6 Å². The van der Waals surface area contributed by atoms with E-state index in [1.54, 1.807) is 0 Å². The molecule has 0 saturated heterocycles. The van der Waals surface area contributed by atoms with Crippen molar-refractivity contribution in [1.82, 2.24) is 15.0 Å². The summed E-state index contributed by atoms with van der Waals surface area (Å²) in [6.45, 7) is -0.808. The van der Waals surface area contributed by atoms with Crippen LogP contribution in [0.2, 0.25) is 0 Å². The third-order valence-corrected chi connectivity index (χ3v) is 3.11. The molecule has 0 amide bonds. The van der Waals surface area contributed by atoms with Gasteiger partial charge in [-0.1, -0.05) is 0 Å². The van der Waals surface area contributed by atoms with Crippen LogP contribution in [0.15, 0.2) is 35.4 Å². The molecule has 9 heteroatoms. The number of ether oxygens (including phenoxy) is 1. The highest BCUT2D eigenvalue weighted by Gasteiger charge is 2.12. The molecule has 0 fully saturated rings. The van der Waals surface area contributed by atoms with Gasteiger partial charge in [0.05, 0.1) is 17.1 Å². The van der Waals surface area contributed by atoms with Gasteiger partial charge in [-0.25, -0.2) is 22.5 Å². The zero-order valence-electron chi connectivity index (χ0n) is 11.9. The minimum Gasteiger partial charge on any atom is -0.486 e. The lowest BCUT2D eigenvalue weighted by molar-refractivity contribution is 0.0817. The first-order valence-corrected chi connectivity index (χ1v) is 6.69. The Bertz CT molecular complexity index is 959. The molecule has 3 aromatic rings. The number of aromatic nitrogens is 3. The smallest absolute Gasteiger partial charge is 0.272 e. The second-order valence-electron chi connectivity index (χ2n) is 4.81. The van der Waals surface area contributed by atoms with E-state index in [0.29, 0.717) is 0 Å². The molecule has 24 heavy (non-hydrogen) atoms. The fourth-order valence-corrected chi connectivity index (χ4v) is 2.06. The molecule has 0 unspecified atom stereocenters. The van der Waals surface area contributed by atoms with Crippen molar-refractivity contribution < 1.29 is 22.3 Å². The first kappa shape index (κ1) is 15.9. The molecule has 2 aromatic heterocycles. The molecule has 0 atom stereocenters. The number of pyridine rings is 1. The van der Waals surface area contributed by atoms with Crippen LogP contribution in [0.4, 0.5) is 17.6 Å². The van der Waals surface area contributed by atoms with E-state index in [9.17, 15) is 22.4 Å². The Morgan fingerprint density at radius 3 is 2.62 bits per heavy atom. The van der Waals surface area contributed by atoms with Gasteiger partial charge in [0, 0.05) is 17.8 Å². The first-order valence-electron chi connectivity index (χ1n) is 6.69. The van der Waals surface area contributed by atoms with Crippen LogP contribution in [0.1, 0.15) is 0 Å². The number of aromatic amines is 1. The molecule has 124 valence electrons. The van der Waals surface area contributed by atoms with Gasteiger partial charge in [-0.15, -0.1) is 0 Å². The van der Waals surface area contributed by atoms with Gasteiger partial charge in [0.1, 0.15) is 18.2 Å². The molecule has 1 aromatic carbocycles. The number of halogens is 4. The van der Waals surface area contributed by atoms with Crippen LogP contribution < -0.4 is 10.3 Å².